The van der Waals surface area contributed by atoms with Crippen LogP contribution in [0.5, 0.6) is 0 Å². The van der Waals surface area contributed by atoms with E-state index in [9.17, 15) is 9.18 Å². The topological polar surface area (TPSA) is 29.5 Å². The van der Waals surface area contributed by atoms with E-state index < -0.39 is 0 Å². The maximum absolute atomic E-state index is 13.7. The maximum Gasteiger partial charge on any atom is 0.223 e. The Balaban J connectivity index is 1.92. The summed E-state index contributed by atoms with van der Waals surface area (Å²) in [5.41, 5.74) is 0.283. The molecule has 3 nitrogen and oxygen atoms in total. The highest BCUT2D eigenvalue weighted by atomic mass is 79.9. The number of benzene rings is 1. The number of hydrogen-bond acceptors (Lipinski definition) is 2. The number of carbonyl (C=O) groups is 1. The van der Waals surface area contributed by atoms with E-state index in [1.807, 2.05) is 13.8 Å². The Bertz CT molecular complexity index is 505. The summed E-state index contributed by atoms with van der Waals surface area (Å²) in [4.78, 5) is 14.0. The number of aryl methyl sites for hydroxylation is 1. The molecule has 0 aliphatic carbocycles. The predicted molar refractivity (Wildman–Crippen MR) is 79.0 cm³/mol. The fraction of sp³-hybridized carbons (Fsp3) is 0.533. The van der Waals surface area contributed by atoms with Crippen LogP contribution < -0.4 is 0 Å². The van der Waals surface area contributed by atoms with Crippen LogP contribution >= 0.6 is 15.9 Å². The summed E-state index contributed by atoms with van der Waals surface area (Å²) in [6.45, 7) is 5.72. The molecule has 0 radical (unpaired) electrons. The summed E-state index contributed by atoms with van der Waals surface area (Å²) in [7, 11) is 0. The van der Waals surface area contributed by atoms with Crippen molar-refractivity contribution in [3.8, 4) is 0 Å². The van der Waals surface area contributed by atoms with Gasteiger partial charge in [0.15, 0.2) is 0 Å². The molecule has 1 aromatic carbocycles. The van der Waals surface area contributed by atoms with Crippen molar-refractivity contribution in [3.63, 3.8) is 0 Å². The van der Waals surface area contributed by atoms with E-state index in [-0.39, 0.29) is 17.3 Å². The third-order valence-electron chi connectivity index (χ3n) is 3.40. The Kier molecular flexibility index (Phi) is 4.81. The number of morpholine rings is 1. The number of carbonyl (C=O) groups excluding carboxylic acids is 1. The van der Waals surface area contributed by atoms with Crippen molar-refractivity contribution in [3.05, 3.63) is 34.1 Å². The van der Waals surface area contributed by atoms with Gasteiger partial charge in [-0.25, -0.2) is 4.39 Å². The molecule has 1 saturated heterocycles. The number of nitrogens with zero attached hydrogens (tertiary/aromatic N) is 1. The van der Waals surface area contributed by atoms with E-state index in [4.69, 9.17) is 4.74 Å². The molecule has 2 rings (SSSR count). The minimum Gasteiger partial charge on any atom is -0.372 e. The zero-order valence-electron chi connectivity index (χ0n) is 11.8. The average molecular weight is 344 g/mol. The normalized spacial score (nSPS) is 18.1. The lowest BCUT2D eigenvalue weighted by atomic mass is 10.1. The fourth-order valence-corrected chi connectivity index (χ4v) is 2.69. The summed E-state index contributed by atoms with van der Waals surface area (Å²) in [5, 5.41) is 0. The van der Waals surface area contributed by atoms with E-state index in [2.05, 4.69) is 15.9 Å². The van der Waals surface area contributed by atoms with Crippen LogP contribution in [0, 0.1) is 5.82 Å². The van der Waals surface area contributed by atoms with Gasteiger partial charge in [-0.3, -0.25) is 4.79 Å². The summed E-state index contributed by atoms with van der Waals surface area (Å²) in [6, 6.07) is 4.94. The zero-order chi connectivity index (χ0) is 14.8. The van der Waals surface area contributed by atoms with Crippen LogP contribution in [0.1, 0.15) is 25.8 Å². The van der Waals surface area contributed by atoms with Gasteiger partial charge in [-0.1, -0.05) is 22.0 Å². The van der Waals surface area contributed by atoms with Gasteiger partial charge in [-0.15, -0.1) is 0 Å². The second-order valence-corrected chi connectivity index (χ2v) is 6.57. The Morgan fingerprint density at radius 3 is 2.90 bits per heavy atom. The molecule has 110 valence electrons. The molecule has 0 N–H and O–H groups in total. The van der Waals surface area contributed by atoms with Gasteiger partial charge in [0.25, 0.3) is 0 Å². The summed E-state index contributed by atoms with van der Waals surface area (Å²) in [6.07, 6.45) is 0.754. The molecule has 20 heavy (non-hydrogen) atoms. The monoisotopic (exact) mass is 343 g/mol. The van der Waals surface area contributed by atoms with Crippen molar-refractivity contribution in [2.24, 2.45) is 0 Å². The zero-order valence-corrected chi connectivity index (χ0v) is 13.4. The van der Waals surface area contributed by atoms with Crippen molar-refractivity contribution in [1.82, 2.24) is 4.90 Å². The van der Waals surface area contributed by atoms with Crippen molar-refractivity contribution in [2.75, 3.05) is 19.7 Å². The van der Waals surface area contributed by atoms with Crippen LogP contribution in [-0.2, 0) is 16.0 Å². The molecule has 1 aromatic rings. The minimum absolute atomic E-state index is 0.0590. The third-order valence-corrected chi connectivity index (χ3v) is 3.89. The van der Waals surface area contributed by atoms with Crippen molar-refractivity contribution < 1.29 is 13.9 Å². The molecule has 1 amide bonds. The molecule has 0 bridgehead atoms. The number of halogens is 2. The Labute approximate surface area is 127 Å². The standard InChI is InChI=1S/C15H19BrFNO2/c1-15(2)10-18(7-8-20-15)14(19)6-4-11-3-5-12(16)9-13(11)17/h3,5,9H,4,6-8,10H2,1-2H3. The van der Waals surface area contributed by atoms with Crippen molar-refractivity contribution in [1.29, 1.82) is 0 Å². The van der Waals surface area contributed by atoms with Crippen molar-refractivity contribution >= 4 is 21.8 Å². The van der Waals surface area contributed by atoms with Crippen LogP contribution in [-0.4, -0.2) is 36.1 Å². The highest BCUT2D eigenvalue weighted by Gasteiger charge is 2.29. The van der Waals surface area contributed by atoms with Gasteiger partial charge in [-0.05, 0) is 38.0 Å². The van der Waals surface area contributed by atoms with Gasteiger partial charge < -0.3 is 9.64 Å². The Morgan fingerprint density at radius 1 is 1.50 bits per heavy atom. The molecule has 0 atom stereocenters. The van der Waals surface area contributed by atoms with Gasteiger partial charge in [0.2, 0.25) is 5.91 Å². The van der Waals surface area contributed by atoms with Crippen LogP contribution in [0.3, 0.4) is 0 Å². The largest absolute Gasteiger partial charge is 0.372 e. The number of hydrogen-bond donors (Lipinski definition) is 0. The van der Waals surface area contributed by atoms with E-state index in [0.717, 1.165) is 0 Å². The van der Waals surface area contributed by atoms with Crippen molar-refractivity contribution in [2.45, 2.75) is 32.3 Å². The molecule has 0 saturated carbocycles. The number of rotatable bonds is 3. The fourth-order valence-electron chi connectivity index (χ4n) is 2.35. The molecule has 0 aromatic heterocycles. The van der Waals surface area contributed by atoms with E-state index in [1.54, 1.807) is 17.0 Å². The molecule has 5 heteroatoms. The lowest BCUT2D eigenvalue weighted by Gasteiger charge is -2.38. The van der Waals surface area contributed by atoms with Gasteiger partial charge in [-0.2, -0.15) is 0 Å². The lowest BCUT2D eigenvalue weighted by Crippen LogP contribution is -2.50. The quantitative estimate of drug-likeness (QED) is 0.843. The van der Waals surface area contributed by atoms with E-state index in [0.29, 0.717) is 42.6 Å². The second-order valence-electron chi connectivity index (χ2n) is 5.66. The predicted octanol–water partition coefficient (Wildman–Crippen LogP) is 3.16. The first-order valence-electron chi connectivity index (χ1n) is 6.73. The van der Waals surface area contributed by atoms with Crippen LogP contribution in [0.4, 0.5) is 4.39 Å². The maximum atomic E-state index is 13.7. The van der Waals surface area contributed by atoms with Gasteiger partial charge in [0, 0.05) is 24.0 Å². The summed E-state index contributed by atoms with van der Waals surface area (Å²) >= 11 is 3.22. The first-order valence-corrected chi connectivity index (χ1v) is 7.52. The number of amides is 1. The van der Waals surface area contributed by atoms with E-state index in [1.165, 1.54) is 6.07 Å². The molecule has 0 unspecified atom stereocenters. The Morgan fingerprint density at radius 2 is 2.25 bits per heavy atom. The van der Waals surface area contributed by atoms with Crippen LogP contribution in [0.2, 0.25) is 0 Å². The highest BCUT2D eigenvalue weighted by molar-refractivity contribution is 9.10. The van der Waals surface area contributed by atoms with Crippen LogP contribution in [0.15, 0.2) is 22.7 Å². The molecule has 1 fully saturated rings. The SMILES string of the molecule is CC1(C)CN(C(=O)CCc2ccc(Br)cc2F)CCO1. The first kappa shape index (κ1) is 15.4. The summed E-state index contributed by atoms with van der Waals surface area (Å²) in [5.74, 6) is -0.210. The van der Waals surface area contributed by atoms with Gasteiger partial charge in [0.05, 0.1) is 12.2 Å². The third kappa shape index (κ3) is 4.03. The van der Waals surface area contributed by atoms with E-state index >= 15 is 0 Å². The highest BCUT2D eigenvalue weighted by Crippen LogP contribution is 2.19. The average Bonchev–Trinajstić information content (AvgIpc) is 2.36. The lowest BCUT2D eigenvalue weighted by molar-refractivity contribution is -0.145. The molecule has 1 heterocycles. The number of ether oxygens (including phenoxy) is 1. The molecular weight excluding hydrogens is 325 g/mol. The van der Waals surface area contributed by atoms with Gasteiger partial charge in [0.1, 0.15) is 5.82 Å². The molecule has 0 spiro atoms. The van der Waals surface area contributed by atoms with Crippen LogP contribution in [0.25, 0.3) is 0 Å². The minimum atomic E-state index is -0.295. The smallest absolute Gasteiger partial charge is 0.223 e. The first-order chi connectivity index (χ1) is 9.37. The summed E-state index contributed by atoms with van der Waals surface area (Å²) < 4.78 is 20.0. The molecular formula is C15H19BrFNO2. The van der Waals surface area contributed by atoms with Gasteiger partial charge >= 0.3 is 0 Å². The Hall–Kier alpha value is -0.940. The second kappa shape index (κ2) is 6.22. The molecule has 1 aliphatic rings. The molecule has 1 aliphatic heterocycles.